The summed E-state index contributed by atoms with van der Waals surface area (Å²) in [7, 11) is 0. The van der Waals surface area contributed by atoms with Gasteiger partial charge in [0.05, 0.1) is 11.2 Å². The summed E-state index contributed by atoms with van der Waals surface area (Å²) in [5.74, 6) is 0. The Kier molecular flexibility index (Phi) is 2.10. The molecule has 2 aromatic rings. The molecule has 0 fully saturated rings. The number of aromatic nitrogens is 2. The van der Waals surface area contributed by atoms with Crippen molar-refractivity contribution in [1.82, 2.24) is 9.97 Å². The van der Waals surface area contributed by atoms with Gasteiger partial charge in [-0.25, -0.2) is 9.97 Å². The number of hydrogen-bond acceptors (Lipinski definition) is 2. The van der Waals surface area contributed by atoms with E-state index in [1.165, 1.54) is 0 Å². The smallest absolute Gasteiger partial charge is 0.222 e. The highest BCUT2D eigenvalue weighted by molar-refractivity contribution is 6.31. The molecule has 1 aromatic carbocycles. The van der Waals surface area contributed by atoms with Gasteiger partial charge in [0.25, 0.3) is 0 Å². The van der Waals surface area contributed by atoms with Crippen LogP contribution in [-0.2, 0) is 0 Å². The van der Waals surface area contributed by atoms with E-state index >= 15 is 0 Å². The highest BCUT2D eigenvalue weighted by atomic mass is 35.5. The van der Waals surface area contributed by atoms with Gasteiger partial charge in [-0.3, -0.25) is 0 Å². The van der Waals surface area contributed by atoms with E-state index in [4.69, 9.17) is 30.1 Å². The zero-order valence-corrected chi connectivity index (χ0v) is 7.97. The first kappa shape index (κ1) is 8.73. The molecule has 1 heterocycles. The lowest BCUT2D eigenvalue weighted by Gasteiger charge is -2.00. The Hall–Kier alpha value is -0.860. The molecule has 2 radical (unpaired) electrons. The Labute approximate surface area is 85.5 Å². The van der Waals surface area contributed by atoms with Gasteiger partial charge in [0, 0.05) is 17.3 Å². The van der Waals surface area contributed by atoms with Crippen LogP contribution in [0.2, 0.25) is 10.3 Å². The van der Waals surface area contributed by atoms with Crippen LogP contribution in [0.5, 0.6) is 0 Å². The molecule has 0 saturated heterocycles. The van der Waals surface area contributed by atoms with Gasteiger partial charge in [0.15, 0.2) is 0 Å². The second-order valence-corrected chi connectivity index (χ2v) is 3.31. The van der Waals surface area contributed by atoms with E-state index in [1.807, 2.05) is 0 Å². The van der Waals surface area contributed by atoms with Crippen molar-refractivity contribution in [2.24, 2.45) is 0 Å². The van der Waals surface area contributed by atoms with E-state index < -0.39 is 0 Å². The molecule has 64 valence electrons. The maximum Gasteiger partial charge on any atom is 0.223 e. The van der Waals surface area contributed by atoms with E-state index in [9.17, 15) is 0 Å². The minimum Gasteiger partial charge on any atom is -0.222 e. The number of fused-ring (bicyclic) bond motifs is 1. The van der Waals surface area contributed by atoms with Gasteiger partial charge in [-0.1, -0.05) is 11.6 Å². The van der Waals surface area contributed by atoms with Crippen molar-refractivity contribution >= 4 is 34.1 Å². The molecule has 0 N–H and O–H groups in total. The van der Waals surface area contributed by atoms with Gasteiger partial charge in [-0.15, -0.1) is 0 Å². The number of halogens is 2. The number of rotatable bonds is 0. The summed E-state index contributed by atoms with van der Waals surface area (Å²) in [6.07, 6.45) is 0. The Morgan fingerprint density at radius 2 is 1.92 bits per heavy atom. The minimum atomic E-state index is 0.146. The van der Waals surface area contributed by atoms with E-state index in [-0.39, 0.29) is 5.28 Å². The Balaban J connectivity index is 2.87. The molecule has 2 nitrogen and oxygen atoms in total. The molecule has 0 aliphatic rings. The molecule has 0 aliphatic carbocycles. The Morgan fingerprint density at radius 3 is 2.69 bits per heavy atom. The molecule has 0 spiro atoms. The number of benzene rings is 1. The molecule has 0 aliphatic heterocycles. The standard InChI is InChI=1S/C9H4Cl2N2/c1-5-7-4-6(10)2-3-8(7)13-9(11)12-5/h1-4H. The first-order chi connectivity index (χ1) is 6.16. The fourth-order valence-corrected chi connectivity index (χ4v) is 1.45. The zero-order valence-electron chi connectivity index (χ0n) is 6.46. The predicted octanol–water partition coefficient (Wildman–Crippen LogP) is 3.00. The van der Waals surface area contributed by atoms with E-state index in [2.05, 4.69) is 9.97 Å². The third kappa shape index (κ3) is 1.60. The average molecular weight is 211 g/mol. The van der Waals surface area contributed by atoms with Gasteiger partial charge < -0.3 is 0 Å². The van der Waals surface area contributed by atoms with E-state index in [1.54, 1.807) is 18.2 Å². The largest absolute Gasteiger partial charge is 0.223 e. The van der Waals surface area contributed by atoms with Crippen LogP contribution < -0.4 is 0 Å². The van der Waals surface area contributed by atoms with Crippen molar-refractivity contribution in [3.05, 3.63) is 41.1 Å². The fraction of sp³-hybridized carbons (Fsp3) is 0. The van der Waals surface area contributed by atoms with Crippen molar-refractivity contribution in [3.8, 4) is 0 Å². The van der Waals surface area contributed by atoms with Crippen molar-refractivity contribution in [1.29, 1.82) is 0 Å². The van der Waals surface area contributed by atoms with Gasteiger partial charge >= 0.3 is 0 Å². The molecule has 2 rings (SSSR count). The Morgan fingerprint density at radius 1 is 1.15 bits per heavy atom. The summed E-state index contributed by atoms with van der Waals surface area (Å²) in [5, 5.41) is 1.47. The molecule has 1 aromatic heterocycles. The molecule has 0 unspecified atom stereocenters. The summed E-state index contributed by atoms with van der Waals surface area (Å²) in [6.45, 7) is 5.63. The number of hydrogen-bond donors (Lipinski definition) is 0. The lowest BCUT2D eigenvalue weighted by atomic mass is 10.2. The lowest BCUT2D eigenvalue weighted by molar-refractivity contribution is 1.19. The predicted molar refractivity (Wildman–Crippen MR) is 53.0 cm³/mol. The summed E-state index contributed by atoms with van der Waals surface area (Å²) >= 11 is 11.4. The number of nitrogens with zero attached hydrogens (tertiary/aromatic N) is 2. The van der Waals surface area contributed by atoms with Crippen LogP contribution in [0.25, 0.3) is 10.9 Å². The van der Waals surface area contributed by atoms with Gasteiger partial charge in [0.1, 0.15) is 0 Å². The third-order valence-electron chi connectivity index (χ3n) is 1.66. The van der Waals surface area contributed by atoms with E-state index in [0.717, 1.165) is 5.39 Å². The highest BCUT2D eigenvalue weighted by Gasteiger charge is 2.02. The first-order valence-corrected chi connectivity index (χ1v) is 4.31. The van der Waals surface area contributed by atoms with Gasteiger partial charge in [-0.05, 0) is 29.8 Å². The maximum absolute atomic E-state index is 5.79. The molecule has 0 atom stereocenters. The van der Waals surface area contributed by atoms with Crippen molar-refractivity contribution in [2.75, 3.05) is 0 Å². The molecule has 4 heteroatoms. The second-order valence-electron chi connectivity index (χ2n) is 2.54. The highest BCUT2D eigenvalue weighted by Crippen LogP contribution is 2.21. The van der Waals surface area contributed by atoms with Crippen LogP contribution in [0.3, 0.4) is 0 Å². The lowest BCUT2D eigenvalue weighted by Crippen LogP contribution is -1.89. The SMILES string of the molecule is [CH]c1nc(Cl)nc2ccc(Cl)cc12. The third-order valence-corrected chi connectivity index (χ3v) is 2.06. The minimum absolute atomic E-state index is 0.146. The normalized spacial score (nSPS) is 10.7. The fourth-order valence-electron chi connectivity index (χ4n) is 1.09. The van der Waals surface area contributed by atoms with E-state index in [0.29, 0.717) is 16.2 Å². The quantitative estimate of drug-likeness (QED) is 0.626. The van der Waals surface area contributed by atoms with Crippen LogP contribution in [-0.4, -0.2) is 9.97 Å². The monoisotopic (exact) mass is 210 g/mol. The van der Waals surface area contributed by atoms with Gasteiger partial charge in [-0.2, -0.15) is 0 Å². The molecular formula is C9H4Cl2N2. The maximum atomic E-state index is 5.79. The molecular weight excluding hydrogens is 207 g/mol. The zero-order chi connectivity index (χ0) is 9.42. The van der Waals surface area contributed by atoms with Crippen molar-refractivity contribution in [3.63, 3.8) is 0 Å². The summed E-state index contributed by atoms with van der Waals surface area (Å²) in [5.41, 5.74) is 1.04. The molecule has 0 bridgehead atoms. The average Bonchev–Trinajstić information content (AvgIpc) is 2.06. The summed E-state index contributed by atoms with van der Waals surface area (Å²) in [6, 6.07) is 5.19. The summed E-state index contributed by atoms with van der Waals surface area (Å²) < 4.78 is 0. The first-order valence-electron chi connectivity index (χ1n) is 3.55. The van der Waals surface area contributed by atoms with Crippen molar-refractivity contribution < 1.29 is 0 Å². The van der Waals surface area contributed by atoms with Gasteiger partial charge in [0.2, 0.25) is 5.28 Å². The molecule has 0 saturated carbocycles. The molecule has 13 heavy (non-hydrogen) atoms. The Bertz CT molecular complexity index is 468. The summed E-state index contributed by atoms with van der Waals surface area (Å²) in [4.78, 5) is 7.81. The van der Waals surface area contributed by atoms with Crippen LogP contribution in [0.1, 0.15) is 5.69 Å². The molecule has 0 amide bonds. The van der Waals surface area contributed by atoms with Crippen molar-refractivity contribution in [2.45, 2.75) is 0 Å². The van der Waals surface area contributed by atoms with Crippen LogP contribution >= 0.6 is 23.2 Å². The van der Waals surface area contributed by atoms with Crippen LogP contribution in [0.4, 0.5) is 0 Å². The topological polar surface area (TPSA) is 25.8 Å². The van der Waals surface area contributed by atoms with Crippen LogP contribution in [0, 0.1) is 6.92 Å². The second kappa shape index (κ2) is 3.13. The van der Waals surface area contributed by atoms with Crippen LogP contribution in [0.15, 0.2) is 18.2 Å².